The van der Waals surface area contributed by atoms with Gasteiger partial charge in [0.25, 0.3) is 5.82 Å². The van der Waals surface area contributed by atoms with Crippen LogP contribution in [0.5, 0.6) is 0 Å². The third-order valence-corrected chi connectivity index (χ3v) is 1.86. The molecule has 104 valence electrons. The molecular formula is C8H15F6N2P. The summed E-state index contributed by atoms with van der Waals surface area (Å²) in [5.41, 5.74) is 0. The summed E-state index contributed by atoms with van der Waals surface area (Å²) in [6.07, 6.45) is 5.42. The zero-order valence-corrected chi connectivity index (χ0v) is 10.6. The van der Waals surface area contributed by atoms with E-state index in [1.54, 1.807) is 0 Å². The van der Waals surface area contributed by atoms with Crippen LogP contribution in [-0.4, -0.2) is 4.57 Å². The van der Waals surface area contributed by atoms with Crippen LogP contribution in [0.4, 0.5) is 25.2 Å². The van der Waals surface area contributed by atoms with E-state index in [4.69, 9.17) is 0 Å². The van der Waals surface area contributed by atoms with Gasteiger partial charge in [-0.15, -0.1) is 0 Å². The van der Waals surface area contributed by atoms with Crippen LogP contribution < -0.4 is 4.57 Å². The van der Waals surface area contributed by atoms with E-state index in [1.807, 2.05) is 0 Å². The van der Waals surface area contributed by atoms with Gasteiger partial charge >= 0.3 is 33.0 Å². The van der Waals surface area contributed by atoms with Crippen molar-refractivity contribution in [3.63, 3.8) is 0 Å². The quantitative estimate of drug-likeness (QED) is 0.432. The molecule has 0 N–H and O–H groups in total. The molecule has 1 aromatic heterocycles. The Morgan fingerprint density at radius 1 is 1.18 bits per heavy atom. The Balaban J connectivity index is 0.000000325. The number of hydrogen-bond acceptors (Lipinski definition) is 0. The molecule has 0 bridgehead atoms. The minimum absolute atomic E-state index is 1.13. The van der Waals surface area contributed by atoms with Crippen molar-refractivity contribution >= 4 is 7.81 Å². The summed E-state index contributed by atoms with van der Waals surface area (Å²) >= 11 is 0. The molecule has 0 saturated carbocycles. The number of aromatic nitrogens is 2. The molecule has 17 heavy (non-hydrogen) atoms. The van der Waals surface area contributed by atoms with Gasteiger partial charge in [0.2, 0.25) is 0 Å². The standard InChI is InChI=1S/C8H15N2.F6P/c1-4-5-10-7-6-9(3)8(10)2;1-7(2,3,4,5)6/h6-7H,4-5H2,1-3H3;/q+1;-1. The van der Waals surface area contributed by atoms with E-state index in [1.165, 1.54) is 12.2 Å². The van der Waals surface area contributed by atoms with Gasteiger partial charge in [0.1, 0.15) is 12.4 Å². The van der Waals surface area contributed by atoms with Crippen LogP contribution in [0.25, 0.3) is 0 Å². The fraction of sp³-hybridized carbons (Fsp3) is 0.625. The van der Waals surface area contributed by atoms with Crippen LogP contribution in [0.15, 0.2) is 12.4 Å². The Hall–Kier alpha value is -0.780. The van der Waals surface area contributed by atoms with Gasteiger partial charge in [-0.2, -0.15) is 0 Å². The van der Waals surface area contributed by atoms with Crippen LogP contribution >= 0.6 is 7.81 Å². The Morgan fingerprint density at radius 2 is 1.59 bits per heavy atom. The molecule has 0 aromatic carbocycles. The van der Waals surface area contributed by atoms with E-state index in [-0.39, 0.29) is 0 Å². The van der Waals surface area contributed by atoms with Gasteiger partial charge in [0, 0.05) is 6.92 Å². The van der Waals surface area contributed by atoms with Crippen molar-refractivity contribution in [2.45, 2.75) is 26.8 Å². The predicted octanol–water partition coefficient (Wildman–Crippen LogP) is 4.41. The van der Waals surface area contributed by atoms with Crippen molar-refractivity contribution in [2.75, 3.05) is 0 Å². The summed E-state index contributed by atoms with van der Waals surface area (Å²) in [4.78, 5) is 0. The Kier molecular flexibility index (Phi) is 3.96. The molecule has 0 unspecified atom stereocenters. The Bertz CT molecular complexity index is 368. The fourth-order valence-corrected chi connectivity index (χ4v) is 1.08. The Morgan fingerprint density at radius 3 is 1.82 bits per heavy atom. The van der Waals surface area contributed by atoms with Gasteiger partial charge in [-0.25, -0.2) is 9.13 Å². The van der Waals surface area contributed by atoms with E-state index in [9.17, 15) is 25.2 Å². The number of rotatable bonds is 2. The van der Waals surface area contributed by atoms with Crippen LogP contribution in [0, 0.1) is 6.92 Å². The first-order chi connectivity index (χ1) is 7.20. The van der Waals surface area contributed by atoms with Crippen LogP contribution in [0.2, 0.25) is 0 Å². The Labute approximate surface area is 95.1 Å². The molecule has 0 atom stereocenters. The minimum atomic E-state index is -10.7. The summed E-state index contributed by atoms with van der Waals surface area (Å²) in [5, 5.41) is 0. The second-order valence-electron chi connectivity index (χ2n) is 3.61. The molecule has 1 rings (SSSR count). The number of hydrogen-bond donors (Lipinski definition) is 0. The van der Waals surface area contributed by atoms with Gasteiger partial charge in [-0.05, 0) is 6.42 Å². The zero-order chi connectivity index (χ0) is 14.0. The number of aryl methyl sites for hydroxylation is 2. The molecule has 1 heterocycles. The normalized spacial score (nSPS) is 15.6. The summed E-state index contributed by atoms with van der Waals surface area (Å²) < 4.78 is 63.6. The maximum absolute atomic E-state index is 10.7. The zero-order valence-electron chi connectivity index (χ0n) is 9.68. The SMILES string of the molecule is CCCn1cc[n+](C)c1C.F[P-](F)(F)(F)(F)F. The fourth-order valence-electron chi connectivity index (χ4n) is 1.08. The van der Waals surface area contributed by atoms with E-state index in [2.05, 4.69) is 42.4 Å². The first kappa shape index (κ1) is 16.2. The molecule has 0 amide bonds. The van der Waals surface area contributed by atoms with E-state index >= 15 is 0 Å². The molecule has 0 radical (unpaired) electrons. The van der Waals surface area contributed by atoms with Crippen LogP contribution in [0.1, 0.15) is 19.2 Å². The van der Waals surface area contributed by atoms with Gasteiger partial charge < -0.3 is 0 Å². The monoisotopic (exact) mass is 284 g/mol. The third kappa shape index (κ3) is 11.5. The third-order valence-electron chi connectivity index (χ3n) is 1.86. The summed E-state index contributed by atoms with van der Waals surface area (Å²) in [6, 6.07) is 0. The molecule has 0 saturated heterocycles. The second-order valence-corrected chi connectivity index (χ2v) is 5.52. The van der Waals surface area contributed by atoms with Gasteiger partial charge in [0.05, 0.1) is 13.6 Å². The number of imidazole rings is 1. The first-order valence-corrected chi connectivity index (χ1v) is 6.81. The topological polar surface area (TPSA) is 8.81 Å². The van der Waals surface area contributed by atoms with E-state index < -0.39 is 7.81 Å². The van der Waals surface area contributed by atoms with Crippen molar-refractivity contribution in [1.29, 1.82) is 0 Å². The average Bonchev–Trinajstić information content (AvgIpc) is 2.31. The molecule has 0 fully saturated rings. The predicted molar refractivity (Wildman–Crippen MR) is 54.2 cm³/mol. The first-order valence-electron chi connectivity index (χ1n) is 4.78. The molecule has 0 aliphatic rings. The maximum atomic E-state index is 9.87. The molecule has 0 spiro atoms. The molecule has 0 aliphatic heterocycles. The molecule has 0 aliphatic carbocycles. The van der Waals surface area contributed by atoms with E-state index in [0.717, 1.165) is 6.54 Å². The van der Waals surface area contributed by atoms with Crippen molar-refractivity contribution in [3.05, 3.63) is 18.2 Å². The molecular weight excluding hydrogens is 269 g/mol. The van der Waals surface area contributed by atoms with Crippen molar-refractivity contribution < 1.29 is 29.7 Å². The number of nitrogens with zero attached hydrogens (tertiary/aromatic N) is 2. The van der Waals surface area contributed by atoms with E-state index in [0.29, 0.717) is 0 Å². The summed E-state index contributed by atoms with van der Waals surface area (Å²) in [7, 11) is -8.59. The molecule has 1 aromatic rings. The second kappa shape index (κ2) is 4.15. The van der Waals surface area contributed by atoms with Crippen LogP contribution in [-0.2, 0) is 13.6 Å². The average molecular weight is 284 g/mol. The summed E-state index contributed by atoms with van der Waals surface area (Å²) in [6.45, 7) is 5.46. The van der Waals surface area contributed by atoms with Crippen molar-refractivity contribution in [1.82, 2.24) is 4.57 Å². The van der Waals surface area contributed by atoms with Gasteiger partial charge in [-0.3, -0.25) is 0 Å². The van der Waals surface area contributed by atoms with Gasteiger partial charge in [0.15, 0.2) is 0 Å². The van der Waals surface area contributed by atoms with Gasteiger partial charge in [-0.1, -0.05) is 6.92 Å². The summed E-state index contributed by atoms with van der Waals surface area (Å²) in [5.74, 6) is 1.32. The van der Waals surface area contributed by atoms with Crippen molar-refractivity contribution in [3.8, 4) is 0 Å². The molecule has 2 nitrogen and oxygen atoms in total. The number of halogens is 6. The van der Waals surface area contributed by atoms with Crippen molar-refractivity contribution in [2.24, 2.45) is 7.05 Å². The molecule has 9 heteroatoms. The van der Waals surface area contributed by atoms with Crippen LogP contribution in [0.3, 0.4) is 0 Å².